The molecular weight excluding hydrogens is 262 g/mol. The van der Waals surface area contributed by atoms with Crippen LogP contribution in [0.25, 0.3) is 17.0 Å². The fraction of sp³-hybridized carbons (Fsp3) is 0.333. The second-order valence-electron chi connectivity index (χ2n) is 5.21. The van der Waals surface area contributed by atoms with Gasteiger partial charge in [0.05, 0.1) is 17.1 Å². The lowest BCUT2D eigenvalue weighted by Gasteiger charge is -2.07. The number of aliphatic carboxylic acids is 1. The van der Waals surface area contributed by atoms with Crippen LogP contribution in [0.5, 0.6) is 0 Å². The van der Waals surface area contributed by atoms with Gasteiger partial charge in [-0.25, -0.2) is 4.98 Å². The van der Waals surface area contributed by atoms with E-state index in [2.05, 4.69) is 17.1 Å². The Kier molecular flexibility index (Phi) is 5.50. The van der Waals surface area contributed by atoms with E-state index in [0.717, 1.165) is 35.9 Å². The van der Waals surface area contributed by atoms with E-state index in [-0.39, 0.29) is 5.92 Å². The fourth-order valence-corrected chi connectivity index (χ4v) is 2.36. The summed E-state index contributed by atoms with van der Waals surface area (Å²) < 4.78 is 0. The lowest BCUT2D eigenvalue weighted by Crippen LogP contribution is -2.11. The fourth-order valence-electron chi connectivity index (χ4n) is 2.36. The van der Waals surface area contributed by atoms with Crippen LogP contribution >= 0.6 is 0 Å². The lowest BCUT2D eigenvalue weighted by atomic mass is 9.99. The van der Waals surface area contributed by atoms with Gasteiger partial charge in [-0.15, -0.1) is 0 Å². The van der Waals surface area contributed by atoms with Crippen LogP contribution in [-0.2, 0) is 4.79 Å². The van der Waals surface area contributed by atoms with E-state index < -0.39 is 5.97 Å². The van der Waals surface area contributed by atoms with Crippen molar-refractivity contribution in [3.8, 4) is 0 Å². The van der Waals surface area contributed by atoms with Crippen LogP contribution in [0, 0.1) is 5.92 Å². The number of benzene rings is 1. The van der Waals surface area contributed by atoms with Gasteiger partial charge in [0.1, 0.15) is 0 Å². The highest BCUT2D eigenvalue weighted by atomic mass is 16.4. The Hall–Kier alpha value is -2.16. The molecule has 21 heavy (non-hydrogen) atoms. The Morgan fingerprint density at radius 1 is 1.29 bits per heavy atom. The number of hydrogen-bond acceptors (Lipinski definition) is 2. The molecule has 0 saturated carbocycles. The average molecular weight is 283 g/mol. The molecule has 0 aliphatic carbocycles. The summed E-state index contributed by atoms with van der Waals surface area (Å²) in [6, 6.07) is 12.1. The molecule has 3 heteroatoms. The molecule has 0 spiro atoms. The van der Waals surface area contributed by atoms with Crippen LogP contribution in [0.4, 0.5) is 0 Å². The van der Waals surface area contributed by atoms with Gasteiger partial charge in [0.2, 0.25) is 0 Å². The molecule has 3 nitrogen and oxygen atoms in total. The second kappa shape index (κ2) is 7.58. The zero-order valence-corrected chi connectivity index (χ0v) is 12.3. The highest BCUT2D eigenvalue weighted by Gasteiger charge is 2.13. The number of pyridine rings is 1. The van der Waals surface area contributed by atoms with E-state index in [9.17, 15) is 4.79 Å². The first-order valence-electron chi connectivity index (χ1n) is 7.46. The largest absolute Gasteiger partial charge is 0.481 e. The molecule has 1 atom stereocenters. The van der Waals surface area contributed by atoms with Crippen LogP contribution in [0.1, 0.15) is 38.3 Å². The monoisotopic (exact) mass is 283 g/mol. The standard InChI is InChI=1S/C18H21NO2/c1-2-14(18(20)21)8-4-3-5-10-16-13-12-15-9-6-7-11-17(15)19-16/h5-7,9-14H,2-4,8H2,1H3,(H,20,21)/b10-5-. The third-order valence-corrected chi connectivity index (χ3v) is 3.67. The maximum absolute atomic E-state index is 10.9. The SMILES string of the molecule is CCC(CCC/C=C\c1ccc2ccccc2n1)C(=O)O. The van der Waals surface area contributed by atoms with Gasteiger partial charge in [-0.1, -0.05) is 37.3 Å². The molecule has 0 aliphatic rings. The normalized spacial score (nSPS) is 12.8. The summed E-state index contributed by atoms with van der Waals surface area (Å²) in [6.45, 7) is 1.92. The first-order chi connectivity index (χ1) is 10.2. The van der Waals surface area contributed by atoms with Gasteiger partial charge in [-0.05, 0) is 43.9 Å². The molecule has 1 unspecified atom stereocenters. The van der Waals surface area contributed by atoms with Crippen molar-refractivity contribution in [1.29, 1.82) is 0 Å². The van der Waals surface area contributed by atoms with Crippen molar-refractivity contribution >= 4 is 22.9 Å². The van der Waals surface area contributed by atoms with Crippen molar-refractivity contribution in [2.24, 2.45) is 5.92 Å². The third-order valence-electron chi connectivity index (χ3n) is 3.67. The maximum atomic E-state index is 10.9. The van der Waals surface area contributed by atoms with Crippen LogP contribution in [-0.4, -0.2) is 16.1 Å². The summed E-state index contributed by atoms with van der Waals surface area (Å²) in [7, 11) is 0. The van der Waals surface area contributed by atoms with E-state index >= 15 is 0 Å². The molecule has 1 aromatic heterocycles. The molecule has 1 N–H and O–H groups in total. The predicted octanol–water partition coefficient (Wildman–Crippen LogP) is 4.53. The van der Waals surface area contributed by atoms with E-state index in [1.807, 2.05) is 43.3 Å². The molecule has 0 fully saturated rings. The molecule has 0 saturated heterocycles. The Balaban J connectivity index is 1.87. The zero-order valence-electron chi connectivity index (χ0n) is 12.3. The number of carbonyl (C=O) groups is 1. The maximum Gasteiger partial charge on any atom is 0.306 e. The number of fused-ring (bicyclic) bond motifs is 1. The number of unbranched alkanes of at least 4 members (excludes halogenated alkanes) is 1. The van der Waals surface area contributed by atoms with Crippen LogP contribution in [0.2, 0.25) is 0 Å². The first-order valence-corrected chi connectivity index (χ1v) is 7.46. The van der Waals surface area contributed by atoms with Crippen molar-refractivity contribution in [1.82, 2.24) is 4.98 Å². The number of nitrogens with zero attached hydrogens (tertiary/aromatic N) is 1. The number of rotatable bonds is 7. The number of carboxylic acids is 1. The van der Waals surface area contributed by atoms with Crippen molar-refractivity contribution in [3.05, 3.63) is 48.2 Å². The number of allylic oxidation sites excluding steroid dienone is 1. The van der Waals surface area contributed by atoms with Gasteiger partial charge < -0.3 is 5.11 Å². The Bertz CT molecular complexity index is 634. The average Bonchev–Trinajstić information content (AvgIpc) is 2.50. The van der Waals surface area contributed by atoms with Gasteiger partial charge >= 0.3 is 5.97 Å². The lowest BCUT2D eigenvalue weighted by molar-refractivity contribution is -0.142. The van der Waals surface area contributed by atoms with Crippen LogP contribution in [0.15, 0.2) is 42.5 Å². The van der Waals surface area contributed by atoms with E-state index in [4.69, 9.17) is 5.11 Å². The summed E-state index contributed by atoms with van der Waals surface area (Å²) in [5.74, 6) is -0.894. The van der Waals surface area contributed by atoms with Crippen LogP contribution < -0.4 is 0 Å². The minimum atomic E-state index is -0.683. The molecule has 2 aromatic rings. The van der Waals surface area contributed by atoms with Gasteiger partial charge in [0, 0.05) is 5.39 Å². The minimum Gasteiger partial charge on any atom is -0.481 e. The van der Waals surface area contributed by atoms with Crippen molar-refractivity contribution in [3.63, 3.8) is 0 Å². The molecule has 0 radical (unpaired) electrons. The molecular formula is C18H21NO2. The second-order valence-corrected chi connectivity index (χ2v) is 5.21. The number of aromatic nitrogens is 1. The molecule has 0 amide bonds. The summed E-state index contributed by atoms with van der Waals surface area (Å²) in [6.07, 6.45) is 7.31. The summed E-state index contributed by atoms with van der Waals surface area (Å²) in [4.78, 5) is 15.5. The zero-order chi connectivity index (χ0) is 15.1. The molecule has 0 aliphatic heterocycles. The third kappa shape index (κ3) is 4.42. The quantitative estimate of drug-likeness (QED) is 0.759. The van der Waals surface area contributed by atoms with Gasteiger partial charge in [0.15, 0.2) is 0 Å². The topological polar surface area (TPSA) is 50.2 Å². The highest BCUT2D eigenvalue weighted by Crippen LogP contribution is 2.15. The summed E-state index contributed by atoms with van der Waals surface area (Å²) >= 11 is 0. The minimum absolute atomic E-state index is 0.211. The van der Waals surface area contributed by atoms with Gasteiger partial charge in [0.25, 0.3) is 0 Å². The molecule has 110 valence electrons. The Labute approximate surface area is 125 Å². The summed E-state index contributed by atoms with van der Waals surface area (Å²) in [5, 5.41) is 10.1. The van der Waals surface area contributed by atoms with E-state index in [1.54, 1.807) is 0 Å². The molecule has 0 bridgehead atoms. The number of para-hydroxylation sites is 1. The summed E-state index contributed by atoms with van der Waals surface area (Å²) in [5.41, 5.74) is 1.94. The van der Waals surface area contributed by atoms with Crippen molar-refractivity contribution in [2.45, 2.75) is 32.6 Å². The Morgan fingerprint density at radius 2 is 2.10 bits per heavy atom. The smallest absolute Gasteiger partial charge is 0.306 e. The molecule has 1 heterocycles. The molecule has 1 aromatic carbocycles. The predicted molar refractivity (Wildman–Crippen MR) is 86.0 cm³/mol. The Morgan fingerprint density at radius 3 is 2.86 bits per heavy atom. The number of hydrogen-bond donors (Lipinski definition) is 1. The van der Waals surface area contributed by atoms with Gasteiger partial charge in [-0.2, -0.15) is 0 Å². The van der Waals surface area contributed by atoms with Crippen molar-refractivity contribution < 1.29 is 9.90 Å². The van der Waals surface area contributed by atoms with Gasteiger partial charge in [-0.3, -0.25) is 4.79 Å². The molecule has 2 rings (SSSR count). The van der Waals surface area contributed by atoms with Crippen LogP contribution in [0.3, 0.4) is 0 Å². The highest BCUT2D eigenvalue weighted by molar-refractivity contribution is 5.79. The number of carboxylic acid groups (broad SMARTS) is 1. The van der Waals surface area contributed by atoms with E-state index in [0.29, 0.717) is 6.42 Å². The van der Waals surface area contributed by atoms with E-state index in [1.165, 1.54) is 0 Å². The van der Waals surface area contributed by atoms with Crippen molar-refractivity contribution in [2.75, 3.05) is 0 Å². The first kappa shape index (κ1) is 15.2.